The molecule has 0 aromatic heterocycles. The smallest absolute Gasteiger partial charge is 0.237 e. The van der Waals surface area contributed by atoms with Crippen LogP contribution in [-0.2, 0) is 26.2 Å². The van der Waals surface area contributed by atoms with Crippen molar-refractivity contribution in [2.45, 2.75) is 19.4 Å². The highest BCUT2D eigenvalue weighted by Gasteiger charge is 2.28. The van der Waals surface area contributed by atoms with Crippen LogP contribution in [0.15, 0.2) is 24.3 Å². The Kier molecular flexibility index (Phi) is 6.12. The number of carbonyl (C=O) groups excluding carboxylic acids is 2. The van der Waals surface area contributed by atoms with E-state index in [4.69, 9.17) is 5.73 Å². The fourth-order valence-corrected chi connectivity index (χ4v) is 3.48. The first-order valence-corrected chi connectivity index (χ1v) is 9.78. The van der Waals surface area contributed by atoms with Crippen molar-refractivity contribution < 1.29 is 22.4 Å². The number of hydrogen-bond donors (Lipinski definition) is 1. The number of amides is 2. The van der Waals surface area contributed by atoms with E-state index in [2.05, 4.69) is 0 Å². The molecule has 1 aromatic rings. The topological polar surface area (TPSA) is 101 Å². The second-order valence-electron chi connectivity index (χ2n) is 6.21. The molecule has 138 valence electrons. The van der Waals surface area contributed by atoms with E-state index in [0.29, 0.717) is 31.5 Å². The standard InChI is InChI=1S/C16H22FN3O4S/c1-25(23,24)20(10-12-2-4-14(17)5-3-12)11-15(21)19-8-6-13(7-9-19)16(18)22/h2-5,13H,6-11H2,1H3,(H2,18,22). The minimum atomic E-state index is -3.61. The SMILES string of the molecule is CS(=O)(=O)N(CC(=O)N1CCC(C(N)=O)CC1)Cc1ccc(F)cc1. The largest absolute Gasteiger partial charge is 0.369 e. The van der Waals surface area contributed by atoms with Gasteiger partial charge in [0.1, 0.15) is 5.82 Å². The van der Waals surface area contributed by atoms with Gasteiger partial charge in [0.15, 0.2) is 0 Å². The van der Waals surface area contributed by atoms with Gasteiger partial charge in [0, 0.05) is 25.6 Å². The lowest BCUT2D eigenvalue weighted by molar-refractivity contribution is -0.135. The molecule has 0 atom stereocenters. The van der Waals surface area contributed by atoms with Gasteiger partial charge in [0.2, 0.25) is 21.8 Å². The zero-order valence-corrected chi connectivity index (χ0v) is 14.8. The lowest BCUT2D eigenvalue weighted by Crippen LogP contribution is -2.46. The minimum absolute atomic E-state index is 0.0113. The van der Waals surface area contributed by atoms with E-state index in [1.54, 1.807) is 4.90 Å². The molecule has 2 rings (SSSR count). The Labute approximate surface area is 146 Å². The summed E-state index contributed by atoms with van der Waals surface area (Å²) in [5.41, 5.74) is 5.86. The quantitative estimate of drug-likeness (QED) is 0.778. The van der Waals surface area contributed by atoms with Crippen LogP contribution >= 0.6 is 0 Å². The van der Waals surface area contributed by atoms with Crippen molar-refractivity contribution in [2.24, 2.45) is 11.7 Å². The van der Waals surface area contributed by atoms with E-state index >= 15 is 0 Å². The third-order valence-corrected chi connectivity index (χ3v) is 5.50. The maximum absolute atomic E-state index is 13.0. The second-order valence-corrected chi connectivity index (χ2v) is 8.20. The van der Waals surface area contributed by atoms with Crippen LogP contribution in [0.1, 0.15) is 18.4 Å². The molecule has 0 spiro atoms. The molecule has 9 heteroatoms. The molecule has 25 heavy (non-hydrogen) atoms. The zero-order chi connectivity index (χ0) is 18.6. The van der Waals surface area contributed by atoms with Crippen molar-refractivity contribution in [3.8, 4) is 0 Å². The molecule has 0 radical (unpaired) electrons. The molecule has 2 N–H and O–H groups in total. The zero-order valence-electron chi connectivity index (χ0n) is 14.0. The van der Waals surface area contributed by atoms with Gasteiger partial charge in [-0.15, -0.1) is 0 Å². The molecule has 1 fully saturated rings. The van der Waals surface area contributed by atoms with Gasteiger partial charge in [-0.2, -0.15) is 4.31 Å². The van der Waals surface area contributed by atoms with Crippen LogP contribution in [-0.4, -0.2) is 55.3 Å². The number of piperidine rings is 1. The number of likely N-dealkylation sites (tertiary alicyclic amines) is 1. The summed E-state index contributed by atoms with van der Waals surface area (Å²) in [7, 11) is -3.61. The van der Waals surface area contributed by atoms with Crippen LogP contribution in [0.5, 0.6) is 0 Å². The third kappa shape index (κ3) is 5.50. The maximum atomic E-state index is 13.0. The summed E-state index contributed by atoms with van der Waals surface area (Å²) in [4.78, 5) is 25.1. The Morgan fingerprint density at radius 2 is 1.80 bits per heavy atom. The molecule has 1 heterocycles. The van der Waals surface area contributed by atoms with E-state index < -0.39 is 15.8 Å². The molecule has 1 saturated heterocycles. The summed E-state index contributed by atoms with van der Waals surface area (Å²) in [6.45, 7) is 0.446. The van der Waals surface area contributed by atoms with Crippen LogP contribution in [0.3, 0.4) is 0 Å². The Hall–Kier alpha value is -2.00. The van der Waals surface area contributed by atoms with Gasteiger partial charge < -0.3 is 10.6 Å². The molecule has 2 amide bonds. The van der Waals surface area contributed by atoms with Crippen LogP contribution < -0.4 is 5.73 Å². The summed E-state index contributed by atoms with van der Waals surface area (Å²) < 4.78 is 38.0. The Morgan fingerprint density at radius 1 is 1.24 bits per heavy atom. The first-order chi connectivity index (χ1) is 11.7. The molecule has 0 aliphatic carbocycles. The van der Waals surface area contributed by atoms with Crippen LogP contribution in [0.4, 0.5) is 4.39 Å². The van der Waals surface area contributed by atoms with E-state index in [1.165, 1.54) is 24.3 Å². The van der Waals surface area contributed by atoms with Gasteiger partial charge in [-0.3, -0.25) is 9.59 Å². The summed E-state index contributed by atoms with van der Waals surface area (Å²) in [5.74, 6) is -1.35. The number of hydrogen-bond acceptors (Lipinski definition) is 4. The van der Waals surface area contributed by atoms with Crippen LogP contribution in [0.2, 0.25) is 0 Å². The lowest BCUT2D eigenvalue weighted by Gasteiger charge is -2.32. The first-order valence-electron chi connectivity index (χ1n) is 7.93. The highest BCUT2D eigenvalue weighted by Crippen LogP contribution is 2.17. The third-order valence-electron chi connectivity index (χ3n) is 4.30. The molecule has 1 aliphatic heterocycles. The van der Waals surface area contributed by atoms with Gasteiger partial charge in [-0.05, 0) is 30.5 Å². The lowest BCUT2D eigenvalue weighted by atomic mass is 9.96. The fourth-order valence-electron chi connectivity index (χ4n) is 2.75. The number of primary amides is 1. The van der Waals surface area contributed by atoms with E-state index in [-0.39, 0.29) is 30.8 Å². The van der Waals surface area contributed by atoms with Crippen molar-refractivity contribution >= 4 is 21.8 Å². The van der Waals surface area contributed by atoms with Gasteiger partial charge in [-0.25, -0.2) is 12.8 Å². The summed E-state index contributed by atoms with van der Waals surface area (Å²) >= 11 is 0. The number of halogens is 1. The van der Waals surface area contributed by atoms with Crippen molar-refractivity contribution in [3.63, 3.8) is 0 Å². The predicted molar refractivity (Wildman–Crippen MR) is 90.2 cm³/mol. The number of nitrogens with two attached hydrogens (primary N) is 1. The van der Waals surface area contributed by atoms with Crippen molar-refractivity contribution in [1.29, 1.82) is 0 Å². The van der Waals surface area contributed by atoms with E-state index in [1.807, 2.05) is 0 Å². The molecule has 1 aromatic carbocycles. The molecule has 0 unspecified atom stereocenters. The molecule has 7 nitrogen and oxygen atoms in total. The maximum Gasteiger partial charge on any atom is 0.237 e. The summed E-state index contributed by atoms with van der Waals surface area (Å²) in [5, 5.41) is 0. The number of sulfonamides is 1. The van der Waals surface area contributed by atoms with Crippen molar-refractivity contribution in [2.75, 3.05) is 25.9 Å². The summed E-state index contributed by atoms with van der Waals surface area (Å²) in [6, 6.07) is 5.45. The Morgan fingerprint density at radius 3 is 2.28 bits per heavy atom. The molecule has 1 aliphatic rings. The predicted octanol–water partition coefficient (Wildman–Crippen LogP) is 0.311. The monoisotopic (exact) mass is 371 g/mol. The Bertz CT molecular complexity index is 728. The number of benzene rings is 1. The first kappa shape index (κ1) is 19.3. The number of nitrogens with zero attached hydrogens (tertiary/aromatic N) is 2. The van der Waals surface area contributed by atoms with Crippen molar-refractivity contribution in [1.82, 2.24) is 9.21 Å². The normalized spacial score (nSPS) is 16.2. The second kappa shape index (κ2) is 7.92. The van der Waals surface area contributed by atoms with Gasteiger partial charge in [-0.1, -0.05) is 12.1 Å². The van der Waals surface area contributed by atoms with E-state index in [0.717, 1.165) is 10.6 Å². The van der Waals surface area contributed by atoms with Crippen LogP contribution in [0, 0.1) is 11.7 Å². The Balaban J connectivity index is 2.01. The van der Waals surface area contributed by atoms with Crippen LogP contribution in [0.25, 0.3) is 0 Å². The fraction of sp³-hybridized carbons (Fsp3) is 0.500. The highest BCUT2D eigenvalue weighted by atomic mass is 32.2. The molecule has 0 saturated carbocycles. The highest BCUT2D eigenvalue weighted by molar-refractivity contribution is 7.88. The molecular weight excluding hydrogens is 349 g/mol. The van der Waals surface area contributed by atoms with Crippen molar-refractivity contribution in [3.05, 3.63) is 35.6 Å². The molecular formula is C16H22FN3O4S. The van der Waals surface area contributed by atoms with Gasteiger partial charge >= 0.3 is 0 Å². The van der Waals surface area contributed by atoms with Gasteiger partial charge in [0.25, 0.3) is 0 Å². The summed E-state index contributed by atoms with van der Waals surface area (Å²) in [6.07, 6.45) is 2.00. The minimum Gasteiger partial charge on any atom is -0.369 e. The van der Waals surface area contributed by atoms with E-state index in [9.17, 15) is 22.4 Å². The average Bonchev–Trinajstić information content (AvgIpc) is 2.55. The number of carbonyl (C=O) groups is 2. The van der Waals surface area contributed by atoms with Gasteiger partial charge in [0.05, 0.1) is 12.8 Å². The molecule has 0 bridgehead atoms. The average molecular weight is 371 g/mol. The number of rotatable bonds is 6.